The van der Waals surface area contributed by atoms with Crippen LogP contribution in [0.2, 0.25) is 0 Å². The van der Waals surface area contributed by atoms with Gasteiger partial charge >= 0.3 is 23.9 Å². The van der Waals surface area contributed by atoms with Gasteiger partial charge in [0.15, 0.2) is 24.6 Å². The average Bonchev–Trinajstić information content (AvgIpc) is 3.21. The van der Waals surface area contributed by atoms with Crippen molar-refractivity contribution in [3.8, 4) is 0 Å². The largest absolute Gasteiger partial charge is 0.459 e. The first-order valence-electron chi connectivity index (χ1n) is 17.1. The highest BCUT2D eigenvalue weighted by Gasteiger charge is 2.53. The van der Waals surface area contributed by atoms with Crippen molar-refractivity contribution in [2.75, 3.05) is 46.2 Å². The minimum Gasteiger partial charge on any atom is -0.459 e. The Morgan fingerprint density at radius 3 is 1.36 bits per heavy atom. The van der Waals surface area contributed by atoms with Crippen LogP contribution in [0.5, 0.6) is 0 Å². The Balaban J connectivity index is 1.48. The highest BCUT2D eigenvalue weighted by atomic mass is 16.7. The molecular weight excluding hydrogens is 686 g/mol. The summed E-state index contributed by atoms with van der Waals surface area (Å²) in [4.78, 5) is 53.9. The van der Waals surface area contributed by atoms with Gasteiger partial charge in [-0.15, -0.1) is 0 Å². The second-order valence-corrected chi connectivity index (χ2v) is 11.6. The second kappa shape index (κ2) is 20.6. The smallest absolute Gasteiger partial charge is 0.338 e. The number of esters is 4. The number of nitrogens with two attached hydrogens (primary N) is 1. The van der Waals surface area contributed by atoms with E-state index in [1.807, 2.05) is 0 Å². The molecule has 2 N–H and O–H groups in total. The van der Waals surface area contributed by atoms with E-state index < -0.39 is 61.2 Å². The standard InChI is InChI=1S/C40H41NO12/c41-21-22-46-23-24-47-25-26-48-40-35(53-39(45)31-19-11-4-12-20-31)34(52-38(44)30-17-9-3-10-18-30)33(51-37(43)29-15-7-2-8-16-29)32(50-40)27-49-36(42)28-13-5-1-6-14-28/h1-20,32-35,40H,21-27,41H2/t32?,33-,34+,35?,40+/m1/s1. The van der Waals surface area contributed by atoms with Crippen molar-refractivity contribution in [2.24, 2.45) is 5.73 Å². The fourth-order valence-corrected chi connectivity index (χ4v) is 5.29. The van der Waals surface area contributed by atoms with E-state index in [4.69, 9.17) is 43.6 Å². The van der Waals surface area contributed by atoms with Crippen LogP contribution in [0.25, 0.3) is 0 Å². The maximum atomic E-state index is 13.7. The zero-order valence-corrected chi connectivity index (χ0v) is 28.9. The molecule has 1 saturated heterocycles. The maximum absolute atomic E-state index is 13.7. The van der Waals surface area contributed by atoms with E-state index in [1.54, 1.807) is 121 Å². The maximum Gasteiger partial charge on any atom is 0.338 e. The molecule has 0 amide bonds. The monoisotopic (exact) mass is 727 g/mol. The Bertz CT molecular complexity index is 1730. The third-order valence-corrected chi connectivity index (χ3v) is 7.88. The summed E-state index contributed by atoms with van der Waals surface area (Å²) in [5.74, 6) is -3.07. The highest BCUT2D eigenvalue weighted by Crippen LogP contribution is 2.32. The summed E-state index contributed by atoms with van der Waals surface area (Å²) in [7, 11) is 0. The summed E-state index contributed by atoms with van der Waals surface area (Å²) in [6.45, 7) is 0.896. The van der Waals surface area contributed by atoms with Crippen LogP contribution in [0.15, 0.2) is 121 Å². The molecule has 1 heterocycles. The number of ether oxygens (including phenoxy) is 8. The van der Waals surface area contributed by atoms with E-state index in [0.29, 0.717) is 19.8 Å². The van der Waals surface area contributed by atoms with Crippen molar-refractivity contribution >= 4 is 23.9 Å². The predicted molar refractivity (Wildman–Crippen MR) is 189 cm³/mol. The number of rotatable bonds is 18. The average molecular weight is 728 g/mol. The van der Waals surface area contributed by atoms with Crippen LogP contribution >= 0.6 is 0 Å². The minimum atomic E-state index is -1.52. The summed E-state index contributed by atoms with van der Waals surface area (Å²) in [5.41, 5.74) is 6.27. The van der Waals surface area contributed by atoms with Crippen LogP contribution in [0.4, 0.5) is 0 Å². The fourth-order valence-electron chi connectivity index (χ4n) is 5.29. The van der Waals surface area contributed by atoms with E-state index in [2.05, 4.69) is 0 Å². The molecule has 53 heavy (non-hydrogen) atoms. The predicted octanol–water partition coefficient (Wildman–Crippen LogP) is 4.25. The van der Waals surface area contributed by atoms with E-state index in [0.717, 1.165) is 0 Å². The van der Waals surface area contributed by atoms with Crippen LogP contribution in [-0.4, -0.2) is 101 Å². The molecule has 1 aliphatic rings. The van der Waals surface area contributed by atoms with Gasteiger partial charge in [-0.2, -0.15) is 0 Å². The Labute approximate surface area is 306 Å². The zero-order chi connectivity index (χ0) is 37.3. The normalized spacial score (nSPS) is 19.5. The number of hydrogen-bond donors (Lipinski definition) is 1. The minimum absolute atomic E-state index is 0.0642. The van der Waals surface area contributed by atoms with Crippen molar-refractivity contribution in [1.82, 2.24) is 0 Å². The van der Waals surface area contributed by atoms with Crippen LogP contribution in [0, 0.1) is 0 Å². The third-order valence-electron chi connectivity index (χ3n) is 7.88. The Kier molecular flexibility index (Phi) is 15.0. The Morgan fingerprint density at radius 1 is 0.491 bits per heavy atom. The highest BCUT2D eigenvalue weighted by molar-refractivity contribution is 5.91. The van der Waals surface area contributed by atoms with E-state index in [1.165, 1.54) is 0 Å². The first kappa shape index (κ1) is 38.8. The summed E-state index contributed by atoms with van der Waals surface area (Å²) in [6.07, 6.45) is -7.17. The van der Waals surface area contributed by atoms with E-state index in [9.17, 15) is 19.2 Å². The van der Waals surface area contributed by atoms with Gasteiger partial charge in [-0.25, -0.2) is 19.2 Å². The topological polar surface area (TPSA) is 168 Å². The van der Waals surface area contributed by atoms with Gasteiger partial charge in [0.05, 0.1) is 55.3 Å². The lowest BCUT2D eigenvalue weighted by atomic mass is 9.97. The fraction of sp³-hybridized carbons (Fsp3) is 0.300. The van der Waals surface area contributed by atoms with Crippen LogP contribution in [0.3, 0.4) is 0 Å². The SMILES string of the molecule is NCCOCCOCCO[C@H]1OC(COC(=O)c2ccccc2)[C@@H](OC(=O)c2ccccc2)[C@H](OC(=O)c2ccccc2)C1OC(=O)c1ccccc1. The molecule has 4 aromatic rings. The molecule has 2 unspecified atom stereocenters. The van der Waals surface area contributed by atoms with Gasteiger partial charge in [-0.1, -0.05) is 72.8 Å². The summed E-state index contributed by atoms with van der Waals surface area (Å²) in [6, 6.07) is 32.6. The lowest BCUT2D eigenvalue weighted by Crippen LogP contribution is -2.63. The molecule has 0 bridgehead atoms. The van der Waals surface area contributed by atoms with Crippen LogP contribution in [0.1, 0.15) is 41.4 Å². The van der Waals surface area contributed by atoms with Crippen LogP contribution < -0.4 is 5.73 Å². The van der Waals surface area contributed by atoms with Gasteiger partial charge in [0.2, 0.25) is 0 Å². The van der Waals surface area contributed by atoms with Crippen molar-refractivity contribution in [2.45, 2.75) is 30.7 Å². The van der Waals surface area contributed by atoms with Gasteiger partial charge in [0, 0.05) is 6.54 Å². The zero-order valence-electron chi connectivity index (χ0n) is 28.9. The summed E-state index contributed by atoms with van der Waals surface area (Å²) >= 11 is 0. The lowest BCUT2D eigenvalue weighted by molar-refractivity contribution is -0.299. The number of carbonyl (C=O) groups is 4. The molecule has 13 nitrogen and oxygen atoms in total. The Hall–Kier alpha value is -5.44. The summed E-state index contributed by atoms with van der Waals surface area (Å²) < 4.78 is 47.0. The van der Waals surface area contributed by atoms with Gasteiger partial charge in [0.25, 0.3) is 0 Å². The van der Waals surface area contributed by atoms with Gasteiger partial charge in [-0.3, -0.25) is 0 Å². The number of hydrogen-bond acceptors (Lipinski definition) is 13. The molecule has 0 spiro atoms. The molecule has 5 rings (SSSR count). The molecule has 0 radical (unpaired) electrons. The first-order chi connectivity index (χ1) is 25.9. The van der Waals surface area contributed by atoms with Crippen molar-refractivity contribution in [3.05, 3.63) is 144 Å². The van der Waals surface area contributed by atoms with Gasteiger partial charge in [-0.05, 0) is 48.5 Å². The number of carbonyl (C=O) groups excluding carboxylic acids is 4. The summed E-state index contributed by atoms with van der Waals surface area (Å²) in [5, 5.41) is 0. The molecule has 4 aromatic carbocycles. The Morgan fingerprint density at radius 2 is 0.887 bits per heavy atom. The molecule has 13 heteroatoms. The lowest BCUT2D eigenvalue weighted by Gasteiger charge is -2.44. The van der Waals surface area contributed by atoms with Crippen molar-refractivity contribution in [3.63, 3.8) is 0 Å². The quantitative estimate of drug-likeness (QED) is 0.0878. The van der Waals surface area contributed by atoms with Crippen molar-refractivity contribution < 1.29 is 57.1 Å². The number of benzene rings is 4. The molecule has 0 saturated carbocycles. The van der Waals surface area contributed by atoms with Crippen molar-refractivity contribution in [1.29, 1.82) is 0 Å². The molecule has 0 aromatic heterocycles. The molecule has 1 aliphatic heterocycles. The van der Waals surface area contributed by atoms with Gasteiger partial charge in [0.1, 0.15) is 12.7 Å². The van der Waals surface area contributed by atoms with Gasteiger partial charge < -0.3 is 43.6 Å². The molecule has 0 aliphatic carbocycles. The van der Waals surface area contributed by atoms with E-state index >= 15 is 0 Å². The van der Waals surface area contributed by atoms with Crippen LogP contribution in [-0.2, 0) is 37.9 Å². The third kappa shape index (κ3) is 11.5. The molecule has 278 valence electrons. The molecule has 5 atom stereocenters. The first-order valence-corrected chi connectivity index (χ1v) is 17.1. The molecular formula is C40H41NO12. The molecule has 1 fully saturated rings. The van der Waals surface area contributed by atoms with E-state index in [-0.39, 0.29) is 42.1 Å². The second-order valence-electron chi connectivity index (χ2n) is 11.6.